The van der Waals surface area contributed by atoms with Gasteiger partial charge >= 0.3 is 5.97 Å². The van der Waals surface area contributed by atoms with Gasteiger partial charge in [0.25, 0.3) is 0 Å². The van der Waals surface area contributed by atoms with Gasteiger partial charge in [0.05, 0.1) is 5.92 Å². The summed E-state index contributed by atoms with van der Waals surface area (Å²) in [6.07, 6.45) is 0.435. The minimum Gasteiger partial charge on any atom is -0.481 e. The molecule has 114 valence electrons. The Morgan fingerprint density at radius 1 is 1.00 bits per heavy atom. The first kappa shape index (κ1) is 16.3. The van der Waals surface area contributed by atoms with Crippen LogP contribution in [-0.2, 0) is 16.0 Å². The van der Waals surface area contributed by atoms with Gasteiger partial charge in [-0.2, -0.15) is 0 Å². The summed E-state index contributed by atoms with van der Waals surface area (Å²) in [5.74, 6) is -1.09. The van der Waals surface area contributed by atoms with E-state index in [4.69, 9.17) is 0 Å². The van der Waals surface area contributed by atoms with Gasteiger partial charge in [0.1, 0.15) is 0 Å². The van der Waals surface area contributed by atoms with Crippen LogP contribution in [0, 0.1) is 5.92 Å². The Labute approximate surface area is 134 Å². The summed E-state index contributed by atoms with van der Waals surface area (Å²) < 4.78 is 0. The highest BCUT2D eigenvalue weighted by Gasteiger charge is 2.19. The molecule has 0 aliphatic carbocycles. The van der Waals surface area contributed by atoms with Crippen LogP contribution in [0.1, 0.15) is 12.5 Å². The Morgan fingerprint density at radius 2 is 1.59 bits per heavy atom. The monoisotopic (exact) mass is 314 g/mol. The van der Waals surface area contributed by atoms with Crippen molar-refractivity contribution in [1.29, 1.82) is 0 Å². The Balaban J connectivity index is 2.06. The molecule has 4 heteroatoms. The van der Waals surface area contributed by atoms with Gasteiger partial charge in [-0.05, 0) is 23.1 Å². The van der Waals surface area contributed by atoms with E-state index in [1.807, 2.05) is 54.6 Å². The van der Waals surface area contributed by atoms with Crippen molar-refractivity contribution in [2.45, 2.75) is 13.3 Å². The molecule has 0 aliphatic heterocycles. The molecule has 2 aromatic carbocycles. The van der Waals surface area contributed by atoms with Crippen molar-refractivity contribution >= 4 is 22.8 Å². The van der Waals surface area contributed by atoms with Gasteiger partial charge in [0.2, 0.25) is 0 Å². The van der Waals surface area contributed by atoms with Crippen LogP contribution in [0.3, 0.4) is 0 Å². The van der Waals surface area contributed by atoms with Crippen LogP contribution in [0.5, 0.6) is 0 Å². The van der Waals surface area contributed by atoms with Gasteiger partial charge in [-0.3, -0.25) is 9.59 Å². The number of carbonyl (C=O) groups is 2. The van der Waals surface area contributed by atoms with Gasteiger partial charge in [0.15, 0.2) is 5.12 Å². The van der Waals surface area contributed by atoms with E-state index in [0.717, 1.165) is 28.5 Å². The molecule has 2 aromatic rings. The fraction of sp³-hybridized carbons (Fsp3) is 0.222. The predicted molar refractivity (Wildman–Crippen MR) is 89.8 cm³/mol. The molecule has 1 unspecified atom stereocenters. The third-order valence-corrected chi connectivity index (χ3v) is 4.36. The molecular weight excluding hydrogens is 296 g/mol. The van der Waals surface area contributed by atoms with Crippen molar-refractivity contribution in [3.05, 3.63) is 60.2 Å². The smallest absolute Gasteiger partial charge is 0.307 e. The minimum absolute atomic E-state index is 0.0503. The number of hydrogen-bond acceptors (Lipinski definition) is 3. The second-order valence-corrected chi connectivity index (χ2v) is 6.30. The zero-order chi connectivity index (χ0) is 15.9. The van der Waals surface area contributed by atoms with Gasteiger partial charge in [-0.15, -0.1) is 0 Å². The van der Waals surface area contributed by atoms with Gasteiger partial charge in [0, 0.05) is 12.7 Å². The highest BCUT2D eigenvalue weighted by molar-refractivity contribution is 8.13. The standard InChI is InChI=1S/C18H18O3S/c1-13(19)22-12-17(18(20)21)11-14-7-9-16(10-8-14)15-5-3-2-4-6-15/h2-10,17H,11-12H2,1H3,(H,20,21). The lowest BCUT2D eigenvalue weighted by molar-refractivity contribution is -0.140. The second kappa shape index (κ2) is 7.80. The summed E-state index contributed by atoms with van der Waals surface area (Å²) in [5, 5.41) is 9.21. The number of hydrogen-bond donors (Lipinski definition) is 1. The number of carboxylic acid groups (broad SMARTS) is 1. The van der Waals surface area contributed by atoms with Crippen LogP contribution in [0.4, 0.5) is 0 Å². The van der Waals surface area contributed by atoms with Gasteiger partial charge < -0.3 is 5.11 Å². The van der Waals surface area contributed by atoms with Crippen LogP contribution < -0.4 is 0 Å². The molecule has 1 atom stereocenters. The summed E-state index contributed by atoms with van der Waals surface area (Å²) in [6, 6.07) is 17.9. The number of rotatable bonds is 6. The number of thioether (sulfide) groups is 1. The summed E-state index contributed by atoms with van der Waals surface area (Å²) in [7, 11) is 0. The number of carbonyl (C=O) groups excluding carboxylic acids is 1. The average molecular weight is 314 g/mol. The lowest BCUT2D eigenvalue weighted by atomic mass is 9.98. The molecule has 0 bridgehead atoms. The fourth-order valence-electron chi connectivity index (χ4n) is 2.18. The maximum Gasteiger partial charge on any atom is 0.307 e. The van der Waals surface area contributed by atoms with E-state index in [2.05, 4.69) is 0 Å². The second-order valence-electron chi connectivity index (χ2n) is 5.10. The number of aliphatic carboxylic acids is 1. The molecule has 0 amide bonds. The highest BCUT2D eigenvalue weighted by atomic mass is 32.2. The Kier molecular flexibility index (Phi) is 5.78. The molecule has 0 saturated heterocycles. The summed E-state index contributed by atoms with van der Waals surface area (Å²) >= 11 is 1.07. The molecule has 2 rings (SSSR count). The van der Waals surface area contributed by atoms with Crippen LogP contribution in [-0.4, -0.2) is 21.9 Å². The minimum atomic E-state index is -0.860. The largest absolute Gasteiger partial charge is 0.481 e. The maximum absolute atomic E-state index is 11.3. The van der Waals surface area contributed by atoms with Gasteiger partial charge in [-0.25, -0.2) is 0 Å². The van der Waals surface area contributed by atoms with Crippen LogP contribution in [0.15, 0.2) is 54.6 Å². The third-order valence-electron chi connectivity index (χ3n) is 3.38. The van der Waals surface area contributed by atoms with Crippen molar-refractivity contribution < 1.29 is 14.7 Å². The van der Waals surface area contributed by atoms with E-state index in [1.165, 1.54) is 6.92 Å². The molecule has 0 aliphatic rings. The van der Waals surface area contributed by atoms with E-state index in [-0.39, 0.29) is 5.12 Å². The van der Waals surface area contributed by atoms with Gasteiger partial charge in [-0.1, -0.05) is 66.4 Å². The van der Waals surface area contributed by atoms with E-state index < -0.39 is 11.9 Å². The highest BCUT2D eigenvalue weighted by Crippen LogP contribution is 2.21. The van der Waals surface area contributed by atoms with E-state index >= 15 is 0 Å². The summed E-state index contributed by atoms with van der Waals surface area (Å²) in [4.78, 5) is 22.3. The molecule has 0 spiro atoms. The number of benzene rings is 2. The van der Waals surface area contributed by atoms with E-state index in [0.29, 0.717) is 12.2 Å². The van der Waals surface area contributed by atoms with Crippen molar-refractivity contribution in [3.8, 4) is 11.1 Å². The number of carboxylic acids is 1. The first-order chi connectivity index (χ1) is 10.6. The van der Waals surface area contributed by atoms with Crippen LogP contribution in [0.25, 0.3) is 11.1 Å². The SMILES string of the molecule is CC(=O)SCC(Cc1ccc(-c2ccccc2)cc1)C(=O)O. The quantitative estimate of drug-likeness (QED) is 0.879. The first-order valence-corrected chi connectivity index (χ1v) is 8.05. The first-order valence-electron chi connectivity index (χ1n) is 7.07. The Hall–Kier alpha value is -2.07. The summed E-state index contributed by atoms with van der Waals surface area (Å²) in [5.41, 5.74) is 3.21. The molecular formula is C18H18O3S. The zero-order valence-electron chi connectivity index (χ0n) is 12.4. The molecule has 0 aromatic heterocycles. The third kappa shape index (κ3) is 4.74. The van der Waals surface area contributed by atoms with E-state index in [9.17, 15) is 14.7 Å². The lowest BCUT2D eigenvalue weighted by Crippen LogP contribution is -2.19. The molecule has 0 heterocycles. The van der Waals surface area contributed by atoms with E-state index in [1.54, 1.807) is 0 Å². The van der Waals surface area contributed by atoms with Crippen molar-refractivity contribution in [2.75, 3.05) is 5.75 Å². The maximum atomic E-state index is 11.3. The molecule has 3 nitrogen and oxygen atoms in total. The fourth-order valence-corrected chi connectivity index (χ4v) is 2.88. The van der Waals surface area contributed by atoms with Crippen molar-refractivity contribution in [3.63, 3.8) is 0 Å². The molecule has 0 saturated carbocycles. The Morgan fingerprint density at radius 3 is 2.14 bits per heavy atom. The van der Waals surface area contributed by atoms with Crippen LogP contribution >= 0.6 is 11.8 Å². The zero-order valence-corrected chi connectivity index (χ0v) is 13.2. The van der Waals surface area contributed by atoms with Crippen LogP contribution in [0.2, 0.25) is 0 Å². The molecule has 22 heavy (non-hydrogen) atoms. The summed E-state index contributed by atoms with van der Waals surface area (Å²) in [6.45, 7) is 1.46. The molecule has 0 radical (unpaired) electrons. The normalized spacial score (nSPS) is 11.9. The van der Waals surface area contributed by atoms with Crippen molar-refractivity contribution in [2.24, 2.45) is 5.92 Å². The predicted octanol–water partition coefficient (Wildman–Crippen LogP) is 3.88. The average Bonchev–Trinajstić information content (AvgIpc) is 2.52. The lowest BCUT2D eigenvalue weighted by Gasteiger charge is -2.11. The molecule has 1 N–H and O–H groups in total. The van der Waals surface area contributed by atoms with Crippen molar-refractivity contribution in [1.82, 2.24) is 0 Å². The molecule has 0 fully saturated rings. The Bertz CT molecular complexity index is 635. The topological polar surface area (TPSA) is 54.4 Å².